The zero-order valence-corrected chi connectivity index (χ0v) is 16.7. The molecule has 1 fully saturated rings. The smallest absolute Gasteiger partial charge is 0.338 e. The monoisotopic (exact) mass is 422 g/mol. The molecule has 1 heterocycles. The number of rotatable bonds is 5. The first-order valence-electron chi connectivity index (χ1n) is 8.64. The molecular weight excluding hydrogens is 404 g/mol. The Kier molecular flexibility index (Phi) is 5.90. The van der Waals surface area contributed by atoms with Crippen molar-refractivity contribution in [2.45, 2.75) is 19.4 Å². The summed E-state index contributed by atoms with van der Waals surface area (Å²) in [5.74, 6) is -1.14. The number of carbonyl (C=O) groups is 2. The van der Waals surface area contributed by atoms with Crippen molar-refractivity contribution in [3.63, 3.8) is 0 Å². The van der Waals surface area contributed by atoms with E-state index in [1.54, 1.807) is 36.4 Å². The van der Waals surface area contributed by atoms with E-state index < -0.39 is 28.0 Å². The highest BCUT2D eigenvalue weighted by Crippen LogP contribution is 2.25. The SMILES string of the molecule is CC(OC(=O)c1cccc(N2CCCS2(=O)=O)c1)C(=O)Nc1cccc(Cl)c1. The van der Waals surface area contributed by atoms with E-state index in [1.165, 1.54) is 23.4 Å². The summed E-state index contributed by atoms with van der Waals surface area (Å²) in [5, 5.41) is 3.09. The number of carbonyl (C=O) groups excluding carboxylic acids is 2. The van der Waals surface area contributed by atoms with Crippen LogP contribution < -0.4 is 9.62 Å². The van der Waals surface area contributed by atoms with E-state index in [0.29, 0.717) is 29.4 Å². The van der Waals surface area contributed by atoms with Gasteiger partial charge in [0.15, 0.2) is 6.10 Å². The number of nitrogens with zero attached hydrogens (tertiary/aromatic N) is 1. The average Bonchev–Trinajstić information content (AvgIpc) is 3.01. The molecule has 1 atom stereocenters. The Balaban J connectivity index is 1.67. The van der Waals surface area contributed by atoms with Gasteiger partial charge in [0, 0.05) is 17.3 Å². The predicted molar refractivity (Wildman–Crippen MR) is 107 cm³/mol. The molecule has 9 heteroatoms. The van der Waals surface area contributed by atoms with Gasteiger partial charge in [0.2, 0.25) is 10.0 Å². The van der Waals surface area contributed by atoms with Gasteiger partial charge in [0.25, 0.3) is 5.91 Å². The Morgan fingerprint density at radius 1 is 1.18 bits per heavy atom. The highest BCUT2D eigenvalue weighted by Gasteiger charge is 2.29. The number of anilines is 2. The fourth-order valence-corrected chi connectivity index (χ4v) is 4.56. The summed E-state index contributed by atoms with van der Waals surface area (Å²) in [6.07, 6.45) is -0.511. The molecule has 1 saturated heterocycles. The minimum Gasteiger partial charge on any atom is -0.449 e. The minimum absolute atomic E-state index is 0.0857. The Hall–Kier alpha value is -2.58. The third-order valence-corrected chi connectivity index (χ3v) is 6.32. The van der Waals surface area contributed by atoms with Crippen molar-refractivity contribution in [3.8, 4) is 0 Å². The molecule has 1 aliphatic heterocycles. The van der Waals surface area contributed by atoms with Gasteiger partial charge in [-0.3, -0.25) is 9.10 Å². The second kappa shape index (κ2) is 8.20. The Morgan fingerprint density at radius 3 is 2.61 bits per heavy atom. The molecule has 0 spiro atoms. The van der Waals surface area contributed by atoms with Crippen molar-refractivity contribution in [1.82, 2.24) is 0 Å². The fourth-order valence-electron chi connectivity index (χ4n) is 2.81. The molecule has 0 radical (unpaired) electrons. The lowest BCUT2D eigenvalue weighted by Crippen LogP contribution is -2.30. The van der Waals surface area contributed by atoms with Gasteiger partial charge >= 0.3 is 5.97 Å². The lowest BCUT2D eigenvalue weighted by Gasteiger charge is -2.18. The standard InChI is InChI=1S/C19H19ClN2O5S/c1-13(18(23)21-16-7-3-6-15(20)12-16)27-19(24)14-5-2-8-17(11-14)22-9-4-10-28(22,25)26/h2-3,5-8,11-13H,4,9-10H2,1H3,(H,21,23). The van der Waals surface area contributed by atoms with E-state index in [9.17, 15) is 18.0 Å². The Morgan fingerprint density at radius 2 is 1.93 bits per heavy atom. The quantitative estimate of drug-likeness (QED) is 0.747. The lowest BCUT2D eigenvalue weighted by molar-refractivity contribution is -0.123. The number of amides is 1. The van der Waals surface area contributed by atoms with Crippen LogP contribution in [0.5, 0.6) is 0 Å². The summed E-state index contributed by atoms with van der Waals surface area (Å²) < 4.78 is 30.6. The van der Waals surface area contributed by atoms with Gasteiger partial charge in [-0.25, -0.2) is 13.2 Å². The van der Waals surface area contributed by atoms with E-state index in [1.807, 2.05) is 0 Å². The number of ether oxygens (including phenoxy) is 1. The largest absolute Gasteiger partial charge is 0.449 e. The van der Waals surface area contributed by atoms with Gasteiger partial charge in [-0.1, -0.05) is 23.7 Å². The summed E-state index contributed by atoms with van der Waals surface area (Å²) in [6, 6.07) is 12.8. The molecule has 0 bridgehead atoms. The van der Waals surface area contributed by atoms with Crippen LogP contribution >= 0.6 is 11.6 Å². The maximum atomic E-state index is 12.4. The van der Waals surface area contributed by atoms with E-state index >= 15 is 0 Å². The molecule has 0 aliphatic carbocycles. The van der Waals surface area contributed by atoms with Crippen LogP contribution in [-0.4, -0.2) is 38.7 Å². The normalized spacial score (nSPS) is 16.4. The number of esters is 1. The summed E-state index contributed by atoms with van der Waals surface area (Å²) in [5.41, 5.74) is 1.06. The molecule has 1 N–H and O–H groups in total. The number of nitrogens with one attached hydrogen (secondary N) is 1. The topological polar surface area (TPSA) is 92.8 Å². The van der Waals surface area contributed by atoms with Crippen molar-refractivity contribution < 1.29 is 22.7 Å². The second-order valence-electron chi connectivity index (χ2n) is 6.34. The molecule has 1 aliphatic rings. The van der Waals surface area contributed by atoms with Crippen molar-refractivity contribution in [2.24, 2.45) is 0 Å². The molecular formula is C19H19ClN2O5S. The zero-order valence-electron chi connectivity index (χ0n) is 15.1. The van der Waals surface area contributed by atoms with Crippen LogP contribution in [0.1, 0.15) is 23.7 Å². The molecule has 7 nitrogen and oxygen atoms in total. The Labute approximate surface area is 168 Å². The van der Waals surface area contributed by atoms with Gasteiger partial charge in [0.1, 0.15) is 0 Å². The van der Waals surface area contributed by atoms with Crippen molar-refractivity contribution in [3.05, 3.63) is 59.1 Å². The molecule has 0 saturated carbocycles. The molecule has 1 amide bonds. The summed E-state index contributed by atoms with van der Waals surface area (Å²) in [7, 11) is -3.35. The number of benzene rings is 2. The van der Waals surface area contributed by atoms with Gasteiger partial charge in [-0.05, 0) is 49.7 Å². The average molecular weight is 423 g/mol. The van der Waals surface area contributed by atoms with E-state index in [2.05, 4.69) is 5.32 Å². The lowest BCUT2D eigenvalue weighted by atomic mass is 10.2. The summed E-state index contributed by atoms with van der Waals surface area (Å²) in [4.78, 5) is 24.6. The van der Waals surface area contributed by atoms with Crippen LogP contribution in [-0.2, 0) is 19.6 Å². The van der Waals surface area contributed by atoms with Crippen LogP contribution in [0.15, 0.2) is 48.5 Å². The van der Waals surface area contributed by atoms with Crippen molar-refractivity contribution in [2.75, 3.05) is 21.9 Å². The molecule has 2 aromatic rings. The van der Waals surface area contributed by atoms with E-state index in [0.717, 1.165) is 0 Å². The van der Waals surface area contributed by atoms with Gasteiger partial charge in [0.05, 0.1) is 17.0 Å². The maximum Gasteiger partial charge on any atom is 0.338 e. The van der Waals surface area contributed by atoms with Crippen molar-refractivity contribution in [1.29, 1.82) is 0 Å². The van der Waals surface area contributed by atoms with E-state index in [4.69, 9.17) is 16.3 Å². The highest BCUT2D eigenvalue weighted by atomic mass is 35.5. The molecule has 148 valence electrons. The van der Waals surface area contributed by atoms with Crippen LogP contribution in [0.25, 0.3) is 0 Å². The van der Waals surface area contributed by atoms with Crippen LogP contribution in [0, 0.1) is 0 Å². The number of hydrogen-bond acceptors (Lipinski definition) is 5. The summed E-state index contributed by atoms with van der Waals surface area (Å²) in [6.45, 7) is 1.83. The van der Waals surface area contributed by atoms with E-state index in [-0.39, 0.29) is 11.3 Å². The first-order chi connectivity index (χ1) is 13.3. The van der Waals surface area contributed by atoms with Crippen LogP contribution in [0.2, 0.25) is 5.02 Å². The second-order valence-corrected chi connectivity index (χ2v) is 8.79. The molecule has 3 rings (SSSR count). The third-order valence-electron chi connectivity index (χ3n) is 4.21. The first kappa shape index (κ1) is 20.2. The maximum absolute atomic E-state index is 12.4. The van der Waals surface area contributed by atoms with Crippen molar-refractivity contribution >= 4 is 44.9 Å². The first-order valence-corrected chi connectivity index (χ1v) is 10.6. The molecule has 2 aromatic carbocycles. The number of sulfonamides is 1. The van der Waals surface area contributed by atoms with Crippen LogP contribution in [0.3, 0.4) is 0 Å². The Bertz CT molecular complexity index is 1010. The third kappa shape index (κ3) is 4.63. The molecule has 1 unspecified atom stereocenters. The summed E-state index contributed by atoms with van der Waals surface area (Å²) >= 11 is 5.88. The zero-order chi connectivity index (χ0) is 20.3. The van der Waals surface area contributed by atoms with Crippen LogP contribution in [0.4, 0.5) is 11.4 Å². The number of hydrogen-bond donors (Lipinski definition) is 1. The van der Waals surface area contributed by atoms with Gasteiger partial charge < -0.3 is 10.1 Å². The fraction of sp³-hybridized carbons (Fsp3) is 0.263. The molecule has 0 aromatic heterocycles. The highest BCUT2D eigenvalue weighted by molar-refractivity contribution is 7.93. The van der Waals surface area contributed by atoms with Gasteiger partial charge in [-0.2, -0.15) is 0 Å². The predicted octanol–water partition coefficient (Wildman–Crippen LogP) is 3.06. The molecule has 28 heavy (non-hydrogen) atoms. The minimum atomic E-state index is -3.35. The number of halogens is 1. The van der Waals surface area contributed by atoms with Gasteiger partial charge in [-0.15, -0.1) is 0 Å².